The van der Waals surface area contributed by atoms with Gasteiger partial charge >= 0.3 is 5.97 Å². The van der Waals surface area contributed by atoms with Crippen molar-refractivity contribution in [3.63, 3.8) is 0 Å². The van der Waals surface area contributed by atoms with Gasteiger partial charge in [-0.05, 0) is 6.92 Å². The van der Waals surface area contributed by atoms with E-state index in [1.54, 1.807) is 6.20 Å². The fourth-order valence-electron chi connectivity index (χ4n) is 1.17. The predicted octanol–water partition coefficient (Wildman–Crippen LogP) is 0.688. The number of thiazole rings is 1. The summed E-state index contributed by atoms with van der Waals surface area (Å²) in [5.74, 6) is -1.49. The van der Waals surface area contributed by atoms with Gasteiger partial charge in [0.2, 0.25) is 10.0 Å². The van der Waals surface area contributed by atoms with E-state index in [2.05, 4.69) is 4.98 Å². The zero-order chi connectivity index (χ0) is 13.1. The number of rotatable bonds is 6. The summed E-state index contributed by atoms with van der Waals surface area (Å²) >= 11 is 1.42. The van der Waals surface area contributed by atoms with Gasteiger partial charge in [0.25, 0.3) is 0 Å². The molecule has 96 valence electrons. The maximum Gasteiger partial charge on any atom is 0.304 e. The topological polar surface area (TPSA) is 87.6 Å². The molecule has 0 bridgehead atoms. The number of hydrogen-bond acceptors (Lipinski definition) is 5. The van der Waals surface area contributed by atoms with Gasteiger partial charge in [-0.15, -0.1) is 11.3 Å². The summed E-state index contributed by atoms with van der Waals surface area (Å²) < 4.78 is 24.5. The molecule has 0 saturated heterocycles. The molecule has 0 aliphatic rings. The molecule has 0 aliphatic carbocycles. The minimum absolute atomic E-state index is 0.230. The smallest absolute Gasteiger partial charge is 0.304 e. The van der Waals surface area contributed by atoms with Crippen molar-refractivity contribution in [3.05, 3.63) is 16.1 Å². The first-order chi connectivity index (χ1) is 7.81. The number of carbonyl (C=O) groups is 1. The lowest BCUT2D eigenvalue weighted by Gasteiger charge is -2.15. The summed E-state index contributed by atoms with van der Waals surface area (Å²) in [6.07, 6.45) is 1.25. The van der Waals surface area contributed by atoms with Crippen LogP contribution in [0.3, 0.4) is 0 Å². The summed E-state index contributed by atoms with van der Waals surface area (Å²) in [4.78, 5) is 15.2. The van der Waals surface area contributed by atoms with Crippen LogP contribution < -0.4 is 0 Å². The number of aliphatic carboxylic acids is 1. The van der Waals surface area contributed by atoms with Crippen molar-refractivity contribution in [1.82, 2.24) is 9.29 Å². The molecule has 0 atom stereocenters. The molecule has 0 aliphatic heterocycles. The van der Waals surface area contributed by atoms with Crippen LogP contribution in [0.5, 0.6) is 0 Å². The quantitative estimate of drug-likeness (QED) is 0.827. The number of carboxylic acids is 1. The molecule has 1 aromatic heterocycles. The van der Waals surface area contributed by atoms with Crippen molar-refractivity contribution in [3.8, 4) is 0 Å². The number of carboxylic acid groups (broad SMARTS) is 1. The van der Waals surface area contributed by atoms with Gasteiger partial charge in [-0.2, -0.15) is 4.31 Å². The maximum absolute atomic E-state index is 11.7. The van der Waals surface area contributed by atoms with Gasteiger partial charge in [0.15, 0.2) is 0 Å². The molecule has 0 aromatic carbocycles. The zero-order valence-electron chi connectivity index (χ0n) is 9.58. The van der Waals surface area contributed by atoms with E-state index < -0.39 is 16.0 Å². The largest absolute Gasteiger partial charge is 0.481 e. The Labute approximate surface area is 104 Å². The van der Waals surface area contributed by atoms with Gasteiger partial charge in [0.05, 0.1) is 17.2 Å². The lowest BCUT2D eigenvalue weighted by molar-refractivity contribution is -0.136. The second-order valence-electron chi connectivity index (χ2n) is 3.56. The first-order valence-corrected chi connectivity index (χ1v) is 7.31. The number of nitrogens with zero attached hydrogens (tertiary/aromatic N) is 2. The second-order valence-corrected chi connectivity index (χ2v) is 7.08. The van der Waals surface area contributed by atoms with E-state index in [1.807, 2.05) is 6.92 Å². The number of hydrogen-bond donors (Lipinski definition) is 1. The zero-order valence-corrected chi connectivity index (χ0v) is 11.2. The fourth-order valence-corrected chi connectivity index (χ4v) is 3.18. The summed E-state index contributed by atoms with van der Waals surface area (Å²) in [7, 11) is -2.08. The van der Waals surface area contributed by atoms with Crippen LogP contribution in [0, 0.1) is 6.92 Å². The van der Waals surface area contributed by atoms with E-state index in [0.29, 0.717) is 0 Å². The summed E-state index contributed by atoms with van der Waals surface area (Å²) in [5.41, 5.74) is 0. The standard InChI is InChI=1S/C9H14N2O4S2/c1-7-10-5-8(16-7)6-11(2)17(14,15)4-3-9(12)13/h5H,3-4,6H2,1-2H3,(H,12,13). The Bertz CT molecular complexity index is 495. The van der Waals surface area contributed by atoms with Crippen LogP contribution in [0.2, 0.25) is 0 Å². The molecule has 0 saturated carbocycles. The SMILES string of the molecule is Cc1ncc(CN(C)S(=O)(=O)CCC(=O)O)s1. The Morgan fingerprint density at radius 2 is 2.24 bits per heavy atom. The van der Waals surface area contributed by atoms with E-state index in [-0.39, 0.29) is 18.7 Å². The fraction of sp³-hybridized carbons (Fsp3) is 0.556. The highest BCUT2D eigenvalue weighted by Gasteiger charge is 2.19. The molecule has 1 aromatic rings. The Balaban J connectivity index is 2.62. The summed E-state index contributed by atoms with van der Waals surface area (Å²) in [6.45, 7) is 2.07. The number of aryl methyl sites for hydroxylation is 1. The van der Waals surface area contributed by atoms with E-state index in [9.17, 15) is 13.2 Å². The van der Waals surface area contributed by atoms with Crippen molar-refractivity contribution < 1.29 is 18.3 Å². The molecule has 17 heavy (non-hydrogen) atoms. The highest BCUT2D eigenvalue weighted by atomic mass is 32.2. The van der Waals surface area contributed by atoms with Crippen LogP contribution in [-0.2, 0) is 21.4 Å². The molecular formula is C9H14N2O4S2. The molecule has 0 amide bonds. The lowest BCUT2D eigenvalue weighted by Crippen LogP contribution is -2.29. The molecular weight excluding hydrogens is 264 g/mol. The second kappa shape index (κ2) is 5.56. The summed E-state index contributed by atoms with van der Waals surface area (Å²) in [5, 5.41) is 9.33. The average molecular weight is 278 g/mol. The Morgan fingerprint density at radius 1 is 1.59 bits per heavy atom. The van der Waals surface area contributed by atoms with E-state index in [0.717, 1.165) is 14.2 Å². The molecule has 0 spiro atoms. The van der Waals surface area contributed by atoms with Crippen molar-refractivity contribution in [2.24, 2.45) is 0 Å². The van der Waals surface area contributed by atoms with Crippen LogP contribution in [-0.4, -0.2) is 41.6 Å². The van der Waals surface area contributed by atoms with E-state index in [4.69, 9.17) is 5.11 Å². The van der Waals surface area contributed by atoms with Crippen molar-refractivity contribution in [1.29, 1.82) is 0 Å². The molecule has 1 N–H and O–H groups in total. The van der Waals surface area contributed by atoms with Crippen LogP contribution in [0.15, 0.2) is 6.20 Å². The van der Waals surface area contributed by atoms with Crippen molar-refractivity contribution >= 4 is 27.3 Å². The normalized spacial score (nSPS) is 11.9. The average Bonchev–Trinajstić information content (AvgIpc) is 2.61. The number of sulfonamides is 1. The molecule has 0 fully saturated rings. The van der Waals surface area contributed by atoms with Gasteiger partial charge in [0.1, 0.15) is 0 Å². The van der Waals surface area contributed by atoms with Crippen molar-refractivity contribution in [2.45, 2.75) is 19.9 Å². The first kappa shape index (κ1) is 14.1. The monoisotopic (exact) mass is 278 g/mol. The molecule has 0 radical (unpaired) electrons. The van der Waals surface area contributed by atoms with Gasteiger partial charge in [-0.1, -0.05) is 0 Å². The first-order valence-electron chi connectivity index (χ1n) is 4.88. The van der Waals surface area contributed by atoms with Gasteiger partial charge in [-0.25, -0.2) is 13.4 Å². The Hall–Kier alpha value is -0.990. The van der Waals surface area contributed by atoms with E-state index in [1.165, 1.54) is 18.4 Å². The predicted molar refractivity (Wildman–Crippen MR) is 64.4 cm³/mol. The third kappa shape index (κ3) is 4.41. The number of aromatic nitrogens is 1. The minimum Gasteiger partial charge on any atom is -0.481 e. The molecule has 6 nitrogen and oxygen atoms in total. The third-order valence-corrected chi connectivity index (χ3v) is 4.79. The van der Waals surface area contributed by atoms with Crippen LogP contribution in [0.1, 0.15) is 16.3 Å². The van der Waals surface area contributed by atoms with Gasteiger partial charge in [-0.3, -0.25) is 4.79 Å². The molecule has 8 heteroatoms. The Kier molecular flexibility index (Phi) is 4.61. The molecule has 0 unspecified atom stereocenters. The highest BCUT2D eigenvalue weighted by Crippen LogP contribution is 2.15. The third-order valence-electron chi connectivity index (χ3n) is 2.10. The molecule has 1 heterocycles. The summed E-state index contributed by atoms with van der Waals surface area (Å²) in [6, 6.07) is 0. The van der Waals surface area contributed by atoms with Crippen LogP contribution in [0.25, 0.3) is 0 Å². The minimum atomic E-state index is -3.51. The highest BCUT2D eigenvalue weighted by molar-refractivity contribution is 7.89. The molecule has 1 rings (SSSR count). The maximum atomic E-state index is 11.7. The van der Waals surface area contributed by atoms with Crippen LogP contribution in [0.4, 0.5) is 0 Å². The van der Waals surface area contributed by atoms with Crippen LogP contribution >= 0.6 is 11.3 Å². The van der Waals surface area contributed by atoms with Gasteiger partial charge < -0.3 is 5.11 Å². The van der Waals surface area contributed by atoms with Gasteiger partial charge in [0, 0.05) is 24.7 Å². The lowest BCUT2D eigenvalue weighted by atomic mass is 10.5. The van der Waals surface area contributed by atoms with Crippen molar-refractivity contribution in [2.75, 3.05) is 12.8 Å². The Morgan fingerprint density at radius 3 is 2.71 bits per heavy atom. The van der Waals surface area contributed by atoms with E-state index >= 15 is 0 Å².